The Bertz CT molecular complexity index is 599. The SMILES string of the molecule is O=C(CCCC1CCCCC1)NNC(=O)C1COc2ccccc2O1. The highest BCUT2D eigenvalue weighted by Gasteiger charge is 2.27. The molecule has 0 aromatic heterocycles. The van der Waals surface area contributed by atoms with Gasteiger partial charge in [-0.3, -0.25) is 20.4 Å². The minimum absolute atomic E-state index is 0.125. The number of amides is 2. The Labute approximate surface area is 148 Å². The minimum Gasteiger partial charge on any atom is -0.485 e. The molecule has 136 valence electrons. The van der Waals surface area contributed by atoms with Crippen LogP contribution in [0.2, 0.25) is 0 Å². The molecule has 0 radical (unpaired) electrons. The Kier molecular flexibility index (Phi) is 6.14. The van der Waals surface area contributed by atoms with E-state index in [1.54, 1.807) is 12.1 Å². The molecule has 6 nitrogen and oxygen atoms in total. The monoisotopic (exact) mass is 346 g/mol. The highest BCUT2D eigenvalue weighted by Crippen LogP contribution is 2.30. The van der Waals surface area contributed by atoms with Crippen LogP contribution in [0.5, 0.6) is 11.5 Å². The lowest BCUT2D eigenvalue weighted by Gasteiger charge is -2.25. The van der Waals surface area contributed by atoms with Gasteiger partial charge in [-0.25, -0.2) is 0 Å². The van der Waals surface area contributed by atoms with Crippen LogP contribution in [0.4, 0.5) is 0 Å². The van der Waals surface area contributed by atoms with Crippen LogP contribution in [-0.4, -0.2) is 24.5 Å². The topological polar surface area (TPSA) is 76.7 Å². The number of hydrogen-bond donors (Lipinski definition) is 2. The number of hydrazine groups is 1. The second-order valence-corrected chi connectivity index (χ2v) is 6.80. The summed E-state index contributed by atoms with van der Waals surface area (Å²) in [7, 11) is 0. The molecule has 1 fully saturated rings. The largest absolute Gasteiger partial charge is 0.485 e. The van der Waals surface area contributed by atoms with Crippen molar-refractivity contribution in [3.8, 4) is 11.5 Å². The van der Waals surface area contributed by atoms with E-state index >= 15 is 0 Å². The summed E-state index contributed by atoms with van der Waals surface area (Å²) < 4.78 is 11.1. The Morgan fingerprint density at radius 3 is 2.60 bits per heavy atom. The number of hydrogen-bond acceptors (Lipinski definition) is 4. The van der Waals surface area contributed by atoms with Crippen LogP contribution in [0.1, 0.15) is 51.4 Å². The molecule has 1 aliphatic carbocycles. The van der Waals surface area contributed by atoms with Crippen LogP contribution in [0.15, 0.2) is 24.3 Å². The number of nitrogens with one attached hydrogen (secondary N) is 2. The number of carbonyl (C=O) groups excluding carboxylic acids is 2. The number of para-hydroxylation sites is 2. The Morgan fingerprint density at radius 1 is 1.04 bits per heavy atom. The van der Waals surface area contributed by atoms with E-state index in [0.29, 0.717) is 17.9 Å². The molecule has 0 saturated heterocycles. The molecular weight excluding hydrogens is 320 g/mol. The van der Waals surface area contributed by atoms with E-state index < -0.39 is 12.0 Å². The van der Waals surface area contributed by atoms with Crippen molar-refractivity contribution >= 4 is 11.8 Å². The van der Waals surface area contributed by atoms with E-state index in [9.17, 15) is 9.59 Å². The van der Waals surface area contributed by atoms with Crippen LogP contribution in [0, 0.1) is 5.92 Å². The maximum atomic E-state index is 12.1. The van der Waals surface area contributed by atoms with Gasteiger partial charge in [0.15, 0.2) is 11.5 Å². The van der Waals surface area contributed by atoms with Crippen LogP contribution in [-0.2, 0) is 9.59 Å². The van der Waals surface area contributed by atoms with Gasteiger partial charge in [-0.05, 0) is 30.9 Å². The first kappa shape index (κ1) is 17.6. The zero-order valence-corrected chi connectivity index (χ0v) is 14.5. The van der Waals surface area contributed by atoms with E-state index in [-0.39, 0.29) is 12.5 Å². The summed E-state index contributed by atoms with van der Waals surface area (Å²) in [5.74, 6) is 1.35. The van der Waals surface area contributed by atoms with Crippen molar-refractivity contribution in [3.63, 3.8) is 0 Å². The Hall–Kier alpha value is -2.24. The van der Waals surface area contributed by atoms with Crippen molar-refractivity contribution in [2.75, 3.05) is 6.61 Å². The molecular formula is C19H26N2O4. The third kappa shape index (κ3) is 5.11. The highest BCUT2D eigenvalue weighted by atomic mass is 16.6. The molecule has 1 aliphatic heterocycles. The maximum absolute atomic E-state index is 12.1. The van der Waals surface area contributed by atoms with Crippen molar-refractivity contribution in [1.29, 1.82) is 0 Å². The smallest absolute Gasteiger partial charge is 0.283 e. The molecule has 1 heterocycles. The molecule has 25 heavy (non-hydrogen) atoms. The molecule has 1 aromatic rings. The summed E-state index contributed by atoms with van der Waals surface area (Å²) in [4.78, 5) is 24.0. The van der Waals surface area contributed by atoms with Gasteiger partial charge >= 0.3 is 0 Å². The van der Waals surface area contributed by atoms with Crippen LogP contribution < -0.4 is 20.3 Å². The van der Waals surface area contributed by atoms with Gasteiger partial charge in [0.25, 0.3) is 5.91 Å². The molecule has 0 bridgehead atoms. The molecule has 2 N–H and O–H groups in total. The summed E-state index contributed by atoms with van der Waals surface area (Å²) in [6, 6.07) is 7.20. The van der Waals surface area contributed by atoms with E-state index in [1.165, 1.54) is 32.1 Å². The number of rotatable bonds is 5. The lowest BCUT2D eigenvalue weighted by atomic mass is 9.86. The Morgan fingerprint density at radius 2 is 1.80 bits per heavy atom. The highest BCUT2D eigenvalue weighted by molar-refractivity contribution is 5.85. The Balaban J connectivity index is 1.34. The molecule has 3 rings (SSSR count). The molecule has 1 unspecified atom stereocenters. The van der Waals surface area contributed by atoms with Gasteiger partial charge < -0.3 is 9.47 Å². The second kappa shape index (κ2) is 8.74. The van der Waals surface area contributed by atoms with E-state index in [4.69, 9.17) is 9.47 Å². The third-order valence-electron chi connectivity index (χ3n) is 4.87. The fraction of sp³-hybridized carbons (Fsp3) is 0.579. The molecule has 1 atom stereocenters. The lowest BCUT2D eigenvalue weighted by Crippen LogP contribution is -2.50. The molecule has 6 heteroatoms. The molecule has 2 amide bonds. The first-order chi connectivity index (χ1) is 12.2. The van der Waals surface area contributed by atoms with Crippen molar-refractivity contribution in [3.05, 3.63) is 24.3 Å². The number of ether oxygens (including phenoxy) is 2. The maximum Gasteiger partial charge on any atom is 0.283 e. The van der Waals surface area contributed by atoms with E-state index in [2.05, 4.69) is 10.9 Å². The first-order valence-corrected chi connectivity index (χ1v) is 9.19. The summed E-state index contributed by atoms with van der Waals surface area (Å²) in [5, 5.41) is 0. The van der Waals surface area contributed by atoms with Crippen molar-refractivity contribution in [2.24, 2.45) is 5.92 Å². The second-order valence-electron chi connectivity index (χ2n) is 6.80. The molecule has 0 spiro atoms. The van der Waals surface area contributed by atoms with Gasteiger partial charge in [-0.15, -0.1) is 0 Å². The molecule has 2 aliphatic rings. The normalized spacial score (nSPS) is 19.9. The van der Waals surface area contributed by atoms with Crippen molar-refractivity contribution in [2.45, 2.75) is 57.5 Å². The standard InChI is InChI=1S/C19H26N2O4/c22-18(12-6-9-14-7-2-1-3-8-14)20-21-19(23)17-13-24-15-10-4-5-11-16(15)25-17/h4-5,10-11,14,17H,1-3,6-9,12-13H2,(H,20,22)(H,21,23). The van der Waals surface area contributed by atoms with Gasteiger partial charge in [0.2, 0.25) is 12.0 Å². The summed E-state index contributed by atoms with van der Waals surface area (Å²) in [5.41, 5.74) is 4.90. The van der Waals surface area contributed by atoms with Crippen LogP contribution in [0.25, 0.3) is 0 Å². The number of carbonyl (C=O) groups is 2. The minimum atomic E-state index is -0.766. The molecule has 1 saturated carbocycles. The predicted octanol–water partition coefficient (Wildman–Crippen LogP) is 2.72. The quantitative estimate of drug-likeness (QED) is 0.804. The zero-order valence-electron chi connectivity index (χ0n) is 14.5. The van der Waals surface area contributed by atoms with Gasteiger partial charge in [-0.2, -0.15) is 0 Å². The van der Waals surface area contributed by atoms with Crippen molar-refractivity contribution < 1.29 is 19.1 Å². The lowest BCUT2D eigenvalue weighted by molar-refractivity contribution is -0.135. The average Bonchev–Trinajstić information content (AvgIpc) is 2.66. The van der Waals surface area contributed by atoms with Crippen LogP contribution in [0.3, 0.4) is 0 Å². The summed E-state index contributed by atoms with van der Waals surface area (Å²) in [6.45, 7) is 0.125. The first-order valence-electron chi connectivity index (χ1n) is 9.19. The number of benzene rings is 1. The average molecular weight is 346 g/mol. The van der Waals surface area contributed by atoms with E-state index in [1.807, 2.05) is 12.1 Å². The van der Waals surface area contributed by atoms with Gasteiger partial charge in [0.1, 0.15) is 6.61 Å². The summed E-state index contributed by atoms with van der Waals surface area (Å²) in [6.07, 6.45) is 8.19. The predicted molar refractivity (Wildman–Crippen MR) is 93.1 cm³/mol. The van der Waals surface area contributed by atoms with Crippen LogP contribution >= 0.6 is 0 Å². The molecule has 1 aromatic carbocycles. The van der Waals surface area contributed by atoms with Gasteiger partial charge in [0.05, 0.1) is 0 Å². The van der Waals surface area contributed by atoms with E-state index in [0.717, 1.165) is 18.8 Å². The summed E-state index contributed by atoms with van der Waals surface area (Å²) >= 11 is 0. The zero-order chi connectivity index (χ0) is 17.5. The van der Waals surface area contributed by atoms with Crippen molar-refractivity contribution in [1.82, 2.24) is 10.9 Å². The number of fused-ring (bicyclic) bond motifs is 1. The van der Waals surface area contributed by atoms with Gasteiger partial charge in [0, 0.05) is 6.42 Å². The fourth-order valence-corrected chi connectivity index (χ4v) is 3.45. The third-order valence-corrected chi connectivity index (χ3v) is 4.87. The fourth-order valence-electron chi connectivity index (χ4n) is 3.45. The van der Waals surface area contributed by atoms with Gasteiger partial charge in [-0.1, -0.05) is 44.2 Å².